The van der Waals surface area contributed by atoms with Crippen LogP contribution < -0.4 is 0 Å². The van der Waals surface area contributed by atoms with E-state index in [2.05, 4.69) is 132 Å². The Hall–Kier alpha value is -6.57. The van der Waals surface area contributed by atoms with Crippen molar-refractivity contribution in [2.75, 3.05) is 0 Å². The minimum absolute atomic E-state index is 0.599. The fourth-order valence-corrected chi connectivity index (χ4v) is 7.35. The van der Waals surface area contributed by atoms with E-state index < -0.39 is 0 Å². The summed E-state index contributed by atoms with van der Waals surface area (Å²) in [7, 11) is 0. The highest BCUT2D eigenvalue weighted by Crippen LogP contribution is 2.40. The van der Waals surface area contributed by atoms with Gasteiger partial charge in [-0.1, -0.05) is 104 Å². The summed E-state index contributed by atoms with van der Waals surface area (Å²) in [6, 6.07) is 46.3. The predicted octanol–water partition coefficient (Wildman–Crippen LogP) is 11.8. The molecule has 9 aromatic rings. The normalized spacial score (nSPS) is 12.6. The number of nitriles is 1. The standard InChI is InChI=1S/C44H29N3O/c1-3-29(30-22-25-38(31(26-30)27-45)47-40-17-9-4-12-32(40)33-13-5-10-18-41(33)47)21-20-28(2)46-39-16-8-6-14-34(39)36-23-24-37-35-15-7-11-19-42(35)48-44(37)43(36)46/h3-26H,1H2,2H3/b28-20+,29-21+. The maximum absolute atomic E-state index is 10.4. The zero-order valence-electron chi connectivity index (χ0n) is 26.3. The Labute approximate surface area is 277 Å². The van der Waals surface area contributed by atoms with Gasteiger partial charge in [0.2, 0.25) is 0 Å². The lowest BCUT2D eigenvalue weighted by molar-refractivity contribution is 0.671. The van der Waals surface area contributed by atoms with Crippen LogP contribution in [0.3, 0.4) is 0 Å². The van der Waals surface area contributed by atoms with Crippen molar-refractivity contribution in [3.05, 3.63) is 163 Å². The monoisotopic (exact) mass is 615 g/mol. The van der Waals surface area contributed by atoms with Crippen LogP contribution in [-0.4, -0.2) is 9.13 Å². The predicted molar refractivity (Wildman–Crippen MR) is 200 cm³/mol. The fraction of sp³-hybridized carbons (Fsp3) is 0.0227. The molecule has 0 amide bonds. The minimum atomic E-state index is 0.599. The molecule has 9 rings (SSSR count). The number of nitrogens with zero attached hydrogens (tertiary/aromatic N) is 3. The molecule has 226 valence electrons. The van der Waals surface area contributed by atoms with Crippen LogP contribution in [0.2, 0.25) is 0 Å². The summed E-state index contributed by atoms with van der Waals surface area (Å²) in [6.07, 6.45) is 6.05. The Morgan fingerprint density at radius 1 is 0.667 bits per heavy atom. The summed E-state index contributed by atoms with van der Waals surface area (Å²) in [5, 5.41) is 17.3. The van der Waals surface area contributed by atoms with Crippen molar-refractivity contribution in [2.45, 2.75) is 6.92 Å². The third-order valence-electron chi connectivity index (χ3n) is 9.53. The number of hydrogen-bond acceptors (Lipinski definition) is 2. The lowest BCUT2D eigenvalue weighted by atomic mass is 10.0. The van der Waals surface area contributed by atoms with Gasteiger partial charge in [0.15, 0.2) is 5.58 Å². The molecule has 4 nitrogen and oxygen atoms in total. The van der Waals surface area contributed by atoms with E-state index in [0.717, 1.165) is 71.9 Å². The second kappa shape index (κ2) is 10.8. The molecule has 0 radical (unpaired) electrons. The highest BCUT2D eigenvalue weighted by Gasteiger charge is 2.19. The van der Waals surface area contributed by atoms with Crippen LogP contribution in [0.15, 0.2) is 157 Å². The summed E-state index contributed by atoms with van der Waals surface area (Å²) in [5.74, 6) is 0. The minimum Gasteiger partial charge on any atom is -0.454 e. The van der Waals surface area contributed by atoms with Gasteiger partial charge in [-0.3, -0.25) is 0 Å². The number of furan rings is 1. The largest absolute Gasteiger partial charge is 0.454 e. The molecule has 3 aromatic heterocycles. The van der Waals surface area contributed by atoms with Gasteiger partial charge in [0.25, 0.3) is 0 Å². The Balaban J connectivity index is 1.19. The zero-order valence-corrected chi connectivity index (χ0v) is 26.3. The van der Waals surface area contributed by atoms with Crippen LogP contribution in [0, 0.1) is 11.3 Å². The smallest absolute Gasteiger partial charge is 0.160 e. The average Bonchev–Trinajstić information content (AvgIpc) is 3.80. The first-order valence-electron chi connectivity index (χ1n) is 16.0. The quantitative estimate of drug-likeness (QED) is 0.181. The molecule has 0 spiro atoms. The van der Waals surface area contributed by atoms with Crippen molar-refractivity contribution in [1.82, 2.24) is 9.13 Å². The summed E-state index contributed by atoms with van der Waals surface area (Å²) in [5.41, 5.74) is 10.4. The Kier molecular flexibility index (Phi) is 6.21. The molecule has 0 unspecified atom stereocenters. The van der Waals surface area contributed by atoms with Gasteiger partial charge in [-0.15, -0.1) is 0 Å². The van der Waals surface area contributed by atoms with Gasteiger partial charge in [-0.25, -0.2) is 0 Å². The lowest BCUT2D eigenvalue weighted by Crippen LogP contribution is -1.98. The summed E-state index contributed by atoms with van der Waals surface area (Å²) in [6.45, 7) is 6.27. The van der Waals surface area contributed by atoms with Gasteiger partial charge in [0.1, 0.15) is 11.7 Å². The topological polar surface area (TPSA) is 46.8 Å². The molecule has 48 heavy (non-hydrogen) atoms. The molecule has 0 N–H and O–H groups in total. The maximum atomic E-state index is 10.4. The van der Waals surface area contributed by atoms with E-state index in [0.29, 0.717) is 5.56 Å². The second-order valence-corrected chi connectivity index (χ2v) is 12.1. The highest BCUT2D eigenvalue weighted by atomic mass is 16.3. The van der Waals surface area contributed by atoms with E-state index in [4.69, 9.17) is 4.42 Å². The number of rotatable bonds is 5. The number of para-hydroxylation sites is 4. The molecule has 0 saturated heterocycles. The molecule has 4 heteroatoms. The van der Waals surface area contributed by atoms with E-state index in [1.165, 1.54) is 16.2 Å². The molecule has 0 aliphatic heterocycles. The van der Waals surface area contributed by atoms with Crippen LogP contribution in [0.1, 0.15) is 18.1 Å². The molecule has 0 aliphatic carbocycles. The van der Waals surface area contributed by atoms with E-state index in [1.54, 1.807) is 0 Å². The number of benzene rings is 6. The van der Waals surface area contributed by atoms with Crippen LogP contribution >= 0.6 is 0 Å². The lowest BCUT2D eigenvalue weighted by Gasteiger charge is -2.12. The van der Waals surface area contributed by atoms with Crippen LogP contribution in [0.5, 0.6) is 0 Å². The molecule has 6 aromatic carbocycles. The molecule has 0 fully saturated rings. The van der Waals surface area contributed by atoms with E-state index >= 15 is 0 Å². The molecular formula is C44H29N3O. The number of aromatic nitrogens is 2. The molecular weight excluding hydrogens is 587 g/mol. The van der Waals surface area contributed by atoms with Crippen LogP contribution in [0.4, 0.5) is 0 Å². The van der Waals surface area contributed by atoms with Gasteiger partial charge >= 0.3 is 0 Å². The summed E-state index contributed by atoms with van der Waals surface area (Å²) >= 11 is 0. The van der Waals surface area contributed by atoms with Crippen molar-refractivity contribution in [2.24, 2.45) is 0 Å². The molecule has 0 atom stereocenters. The fourth-order valence-electron chi connectivity index (χ4n) is 7.35. The summed E-state index contributed by atoms with van der Waals surface area (Å²) < 4.78 is 11.0. The van der Waals surface area contributed by atoms with E-state index in [-0.39, 0.29) is 0 Å². The second-order valence-electron chi connectivity index (χ2n) is 12.1. The Morgan fingerprint density at radius 2 is 1.27 bits per heavy atom. The third-order valence-corrected chi connectivity index (χ3v) is 9.53. The SMILES string of the molecule is C=C/C(=C\C=C(/C)n1c2ccccc2c2ccc3c4ccccc4oc3c21)c1ccc(-n2c3ccccc3c3ccccc32)c(C#N)c1. The number of allylic oxidation sites excluding steroid dienone is 5. The van der Waals surface area contributed by atoms with Crippen molar-refractivity contribution < 1.29 is 4.42 Å². The van der Waals surface area contributed by atoms with Crippen molar-refractivity contribution >= 4 is 76.8 Å². The van der Waals surface area contributed by atoms with Gasteiger partial charge in [0, 0.05) is 38.0 Å². The van der Waals surface area contributed by atoms with Crippen molar-refractivity contribution in [3.8, 4) is 11.8 Å². The van der Waals surface area contributed by atoms with Crippen LogP contribution in [-0.2, 0) is 0 Å². The third kappa shape index (κ3) is 4.02. The first-order valence-corrected chi connectivity index (χ1v) is 16.0. The van der Waals surface area contributed by atoms with Gasteiger partial charge in [-0.2, -0.15) is 5.26 Å². The Morgan fingerprint density at radius 3 is 1.96 bits per heavy atom. The van der Waals surface area contributed by atoms with Crippen molar-refractivity contribution in [1.29, 1.82) is 5.26 Å². The number of fused-ring (bicyclic) bond motifs is 10. The van der Waals surface area contributed by atoms with Crippen LogP contribution in [0.25, 0.3) is 82.5 Å². The molecule has 0 aliphatic rings. The Bertz CT molecular complexity index is 2830. The maximum Gasteiger partial charge on any atom is 0.160 e. The number of hydrogen-bond donors (Lipinski definition) is 0. The first kappa shape index (κ1) is 27.7. The summed E-state index contributed by atoms with van der Waals surface area (Å²) in [4.78, 5) is 0. The van der Waals surface area contributed by atoms with Gasteiger partial charge < -0.3 is 13.6 Å². The molecule has 3 heterocycles. The average molecular weight is 616 g/mol. The van der Waals surface area contributed by atoms with E-state index in [1.807, 2.05) is 42.5 Å². The van der Waals surface area contributed by atoms with Gasteiger partial charge in [0.05, 0.1) is 33.3 Å². The highest BCUT2D eigenvalue weighted by molar-refractivity contribution is 6.22. The molecule has 0 saturated carbocycles. The van der Waals surface area contributed by atoms with Gasteiger partial charge in [-0.05, 0) is 66.6 Å². The molecule has 0 bridgehead atoms. The van der Waals surface area contributed by atoms with E-state index in [9.17, 15) is 5.26 Å². The zero-order chi connectivity index (χ0) is 32.4. The first-order chi connectivity index (χ1) is 23.7. The van der Waals surface area contributed by atoms with Crippen molar-refractivity contribution in [3.63, 3.8) is 0 Å².